The van der Waals surface area contributed by atoms with Gasteiger partial charge in [-0.1, -0.05) is 6.07 Å². The quantitative estimate of drug-likeness (QED) is 0.595. The Bertz CT molecular complexity index is 918. The van der Waals surface area contributed by atoms with Crippen molar-refractivity contribution in [2.75, 3.05) is 6.61 Å². The maximum absolute atomic E-state index is 12.4. The summed E-state index contributed by atoms with van der Waals surface area (Å²) in [4.78, 5) is 15.2. The predicted octanol–water partition coefficient (Wildman–Crippen LogP) is 5.46. The van der Waals surface area contributed by atoms with Gasteiger partial charge in [-0.3, -0.25) is 0 Å². The van der Waals surface area contributed by atoms with Gasteiger partial charge >= 0.3 is 12.3 Å². The number of carboxylic acid groups (broad SMARTS) is 1. The highest BCUT2D eigenvalue weighted by Gasteiger charge is 2.42. The molecule has 1 aromatic carbocycles. The molecule has 0 radical (unpaired) electrons. The highest BCUT2D eigenvalue weighted by Crippen LogP contribution is 2.47. The van der Waals surface area contributed by atoms with Crippen LogP contribution in [0.25, 0.3) is 0 Å². The number of nitrogens with zero attached hydrogens (tertiary/aromatic N) is 1. The van der Waals surface area contributed by atoms with E-state index < -0.39 is 12.3 Å². The van der Waals surface area contributed by atoms with Crippen molar-refractivity contribution in [1.82, 2.24) is 4.98 Å². The van der Waals surface area contributed by atoms with Crippen molar-refractivity contribution < 1.29 is 37.3 Å². The number of carbonyl (C=O) groups is 1. The maximum Gasteiger partial charge on any atom is 0.573 e. The van der Waals surface area contributed by atoms with E-state index in [0.717, 1.165) is 32.1 Å². The molecule has 2 heterocycles. The van der Waals surface area contributed by atoms with Gasteiger partial charge in [0.05, 0.1) is 12.7 Å². The average molecular weight is 457 g/mol. The zero-order valence-corrected chi connectivity index (χ0v) is 17.3. The van der Waals surface area contributed by atoms with Crippen molar-refractivity contribution in [3.63, 3.8) is 0 Å². The number of alkyl halides is 3. The number of thiazole rings is 1. The second-order valence-electron chi connectivity index (χ2n) is 7.78. The summed E-state index contributed by atoms with van der Waals surface area (Å²) in [6.45, 7) is 0.404. The van der Waals surface area contributed by atoms with Crippen molar-refractivity contribution in [2.45, 2.75) is 50.7 Å². The van der Waals surface area contributed by atoms with Gasteiger partial charge in [-0.2, -0.15) is 0 Å². The van der Waals surface area contributed by atoms with E-state index in [4.69, 9.17) is 14.6 Å². The smallest absolute Gasteiger partial charge is 0.493 e. The minimum Gasteiger partial charge on any atom is -0.493 e. The van der Waals surface area contributed by atoms with E-state index in [1.165, 1.54) is 34.9 Å². The molecule has 0 amide bonds. The summed E-state index contributed by atoms with van der Waals surface area (Å²) < 4.78 is 52.9. The molecule has 1 aliphatic carbocycles. The van der Waals surface area contributed by atoms with Crippen molar-refractivity contribution >= 4 is 17.3 Å². The molecule has 2 aromatic rings. The Kier molecular flexibility index (Phi) is 6.38. The average Bonchev–Trinajstić information content (AvgIpc) is 3.34. The van der Waals surface area contributed by atoms with Gasteiger partial charge in [-0.15, -0.1) is 24.5 Å². The van der Waals surface area contributed by atoms with Crippen LogP contribution in [0.5, 0.6) is 11.5 Å². The summed E-state index contributed by atoms with van der Waals surface area (Å²) in [5, 5.41) is 11.3. The van der Waals surface area contributed by atoms with Crippen LogP contribution in [0.3, 0.4) is 0 Å². The number of rotatable bonds is 7. The summed E-state index contributed by atoms with van der Waals surface area (Å²) in [6, 6.07) is 5.54. The standard InChI is InChI=1S/C21H22F3NO5S/c22-21(23,24)30-14-3-1-2-13(10-14)28-9-8-12-4-6-17-15(12)5-7-18(29-17)19-25-16(11-31-19)20(26)27/h1-3,10-12,15,17-18H,4-9H2,(H,26,27)/t12?,15-,17+,18?/m1/s1. The van der Waals surface area contributed by atoms with Gasteiger partial charge in [-0.05, 0) is 56.1 Å². The Hall–Kier alpha value is -2.33. The lowest BCUT2D eigenvalue weighted by atomic mass is 9.85. The highest BCUT2D eigenvalue weighted by atomic mass is 32.1. The number of aromatic carboxylic acids is 1. The molecule has 10 heteroatoms. The molecule has 6 nitrogen and oxygen atoms in total. The number of fused-ring (bicyclic) bond motifs is 1. The fourth-order valence-corrected chi connectivity index (χ4v) is 5.35. The molecule has 2 aliphatic rings. The van der Waals surface area contributed by atoms with E-state index in [1.807, 2.05) is 0 Å². The number of benzene rings is 1. The first-order valence-electron chi connectivity index (χ1n) is 10.1. The van der Waals surface area contributed by atoms with Gasteiger partial charge in [0.25, 0.3) is 0 Å². The minimum atomic E-state index is -4.73. The van der Waals surface area contributed by atoms with Gasteiger partial charge in [0.1, 0.15) is 22.6 Å². The normalized spacial score (nSPS) is 25.8. The molecule has 4 rings (SSSR count). The Balaban J connectivity index is 1.27. The van der Waals surface area contributed by atoms with E-state index in [2.05, 4.69) is 9.72 Å². The van der Waals surface area contributed by atoms with E-state index in [-0.39, 0.29) is 23.7 Å². The topological polar surface area (TPSA) is 77.9 Å². The van der Waals surface area contributed by atoms with E-state index in [0.29, 0.717) is 29.2 Å². The van der Waals surface area contributed by atoms with Crippen LogP contribution in [-0.4, -0.2) is 35.1 Å². The van der Waals surface area contributed by atoms with E-state index in [9.17, 15) is 18.0 Å². The number of hydrogen-bond donors (Lipinski definition) is 1. The number of ether oxygens (including phenoxy) is 3. The summed E-state index contributed by atoms with van der Waals surface area (Å²) >= 11 is 1.32. The largest absolute Gasteiger partial charge is 0.573 e. The molecule has 1 saturated carbocycles. The molecule has 1 saturated heterocycles. The minimum absolute atomic E-state index is 0.0527. The van der Waals surface area contributed by atoms with Crippen molar-refractivity contribution in [1.29, 1.82) is 0 Å². The molecule has 168 valence electrons. The monoisotopic (exact) mass is 457 g/mol. The Morgan fingerprint density at radius 2 is 2.03 bits per heavy atom. The molecular weight excluding hydrogens is 435 g/mol. The Morgan fingerprint density at radius 1 is 1.23 bits per heavy atom. The fraction of sp³-hybridized carbons (Fsp3) is 0.524. The molecule has 2 unspecified atom stereocenters. The van der Waals surface area contributed by atoms with Gasteiger partial charge in [0.15, 0.2) is 5.69 Å². The Labute approximate surface area is 181 Å². The van der Waals surface area contributed by atoms with Gasteiger partial charge in [0, 0.05) is 11.4 Å². The molecular formula is C21H22F3NO5S. The predicted molar refractivity (Wildman–Crippen MR) is 105 cm³/mol. The molecule has 1 aromatic heterocycles. The van der Waals surface area contributed by atoms with Gasteiger partial charge in [-0.25, -0.2) is 9.78 Å². The van der Waals surface area contributed by atoms with Crippen molar-refractivity contribution in [3.8, 4) is 11.5 Å². The summed E-state index contributed by atoms with van der Waals surface area (Å²) in [6.07, 6.45) is -0.294. The molecule has 0 bridgehead atoms. The first-order valence-corrected chi connectivity index (χ1v) is 11.0. The van der Waals surface area contributed by atoms with Crippen LogP contribution < -0.4 is 9.47 Å². The lowest BCUT2D eigenvalue weighted by Crippen LogP contribution is -2.30. The SMILES string of the molecule is O=C(O)c1csc(C2CC[C@@H]3C(CCOc4cccc(OC(F)(F)F)c4)CC[C@@H]3O2)n1. The van der Waals surface area contributed by atoms with Crippen LogP contribution in [0.15, 0.2) is 29.6 Å². The molecule has 1 N–H and O–H groups in total. The van der Waals surface area contributed by atoms with Gasteiger partial charge in [0.2, 0.25) is 0 Å². The van der Waals surface area contributed by atoms with Crippen LogP contribution in [0.1, 0.15) is 53.7 Å². The van der Waals surface area contributed by atoms with E-state index in [1.54, 1.807) is 6.07 Å². The molecule has 0 spiro atoms. The Morgan fingerprint density at radius 3 is 2.77 bits per heavy atom. The van der Waals surface area contributed by atoms with Crippen LogP contribution in [0.2, 0.25) is 0 Å². The molecule has 4 atom stereocenters. The van der Waals surface area contributed by atoms with Crippen LogP contribution >= 0.6 is 11.3 Å². The lowest BCUT2D eigenvalue weighted by molar-refractivity contribution is -0.274. The summed E-state index contributed by atoms with van der Waals surface area (Å²) in [5.41, 5.74) is 0.0527. The third kappa shape index (κ3) is 5.48. The third-order valence-electron chi connectivity index (χ3n) is 5.82. The van der Waals surface area contributed by atoms with Crippen LogP contribution in [-0.2, 0) is 4.74 Å². The van der Waals surface area contributed by atoms with Crippen LogP contribution in [0.4, 0.5) is 13.2 Å². The fourth-order valence-electron chi connectivity index (χ4n) is 4.49. The summed E-state index contributed by atoms with van der Waals surface area (Å²) in [5.74, 6) is -0.169. The maximum atomic E-state index is 12.4. The van der Waals surface area contributed by atoms with Gasteiger partial charge < -0.3 is 19.3 Å². The van der Waals surface area contributed by atoms with Crippen molar-refractivity contribution in [2.24, 2.45) is 11.8 Å². The molecule has 2 fully saturated rings. The summed E-state index contributed by atoms with van der Waals surface area (Å²) in [7, 11) is 0. The highest BCUT2D eigenvalue weighted by molar-refractivity contribution is 7.09. The lowest BCUT2D eigenvalue weighted by Gasteiger charge is -2.34. The number of hydrogen-bond acceptors (Lipinski definition) is 6. The number of carboxylic acids is 1. The number of aromatic nitrogens is 1. The number of halogens is 3. The second-order valence-corrected chi connectivity index (χ2v) is 8.67. The first kappa shape index (κ1) is 21.9. The molecule has 31 heavy (non-hydrogen) atoms. The van der Waals surface area contributed by atoms with E-state index >= 15 is 0 Å². The second kappa shape index (κ2) is 9.04. The molecule has 1 aliphatic heterocycles. The zero-order valence-electron chi connectivity index (χ0n) is 16.5. The third-order valence-corrected chi connectivity index (χ3v) is 6.76. The van der Waals surface area contributed by atoms with Crippen LogP contribution in [0, 0.1) is 11.8 Å². The first-order chi connectivity index (χ1) is 14.8. The van der Waals surface area contributed by atoms with Crippen molar-refractivity contribution in [3.05, 3.63) is 40.3 Å². The zero-order chi connectivity index (χ0) is 22.0.